The molecule has 0 aliphatic carbocycles. The van der Waals surface area contributed by atoms with E-state index >= 15 is 0 Å². The number of para-hydroxylation sites is 1. The molecule has 1 unspecified atom stereocenters. The molecule has 29 heavy (non-hydrogen) atoms. The number of hydrogen-bond acceptors (Lipinski definition) is 4. The minimum absolute atomic E-state index is 0.125. The molecule has 0 radical (unpaired) electrons. The zero-order valence-electron chi connectivity index (χ0n) is 16.3. The summed E-state index contributed by atoms with van der Waals surface area (Å²) in [4.78, 5) is 24.8. The van der Waals surface area contributed by atoms with Gasteiger partial charge in [-0.2, -0.15) is 4.68 Å². The maximum absolute atomic E-state index is 13.1. The lowest BCUT2D eigenvalue weighted by molar-refractivity contribution is -0.123. The highest BCUT2D eigenvalue weighted by Crippen LogP contribution is 2.17. The van der Waals surface area contributed by atoms with Gasteiger partial charge < -0.3 is 10.1 Å². The van der Waals surface area contributed by atoms with Gasteiger partial charge in [-0.15, -0.1) is 5.10 Å². The summed E-state index contributed by atoms with van der Waals surface area (Å²) in [6.07, 6.45) is 0.419. The third-order valence-corrected chi connectivity index (χ3v) is 4.43. The number of carbonyl (C=O) groups is 1. The number of nitrogens with zero attached hydrogens (tertiary/aromatic N) is 2. The van der Waals surface area contributed by atoms with Crippen molar-refractivity contribution < 1.29 is 13.9 Å². The third kappa shape index (κ3) is 4.87. The van der Waals surface area contributed by atoms with E-state index in [0.717, 1.165) is 22.4 Å². The fraction of sp³-hybridized carbons (Fsp3) is 0.227. The van der Waals surface area contributed by atoms with Gasteiger partial charge >= 0.3 is 0 Å². The van der Waals surface area contributed by atoms with Crippen molar-refractivity contribution in [2.24, 2.45) is 0 Å². The van der Waals surface area contributed by atoms with E-state index in [9.17, 15) is 14.0 Å². The SMILES string of the molecule is CCc1ccccc1NC(=O)C(CC)Oc1ccc(=O)n(-c2ccc(F)cc2)n1. The van der Waals surface area contributed by atoms with Crippen molar-refractivity contribution in [2.75, 3.05) is 5.32 Å². The number of nitrogens with one attached hydrogen (secondary N) is 1. The van der Waals surface area contributed by atoms with E-state index in [4.69, 9.17) is 4.74 Å². The largest absolute Gasteiger partial charge is 0.463 e. The van der Waals surface area contributed by atoms with Gasteiger partial charge in [-0.25, -0.2) is 4.39 Å². The second-order valence-corrected chi connectivity index (χ2v) is 6.41. The number of benzene rings is 2. The van der Waals surface area contributed by atoms with Gasteiger partial charge in [-0.1, -0.05) is 32.0 Å². The van der Waals surface area contributed by atoms with Gasteiger partial charge in [0.05, 0.1) is 5.69 Å². The summed E-state index contributed by atoms with van der Waals surface area (Å²) in [7, 11) is 0. The van der Waals surface area contributed by atoms with Gasteiger partial charge in [0.25, 0.3) is 11.5 Å². The number of aromatic nitrogens is 2. The molecular weight excluding hydrogens is 373 g/mol. The summed E-state index contributed by atoms with van der Waals surface area (Å²) < 4.78 is 20.0. The lowest BCUT2D eigenvalue weighted by Gasteiger charge is -2.18. The molecule has 1 heterocycles. The number of amides is 1. The van der Waals surface area contributed by atoms with Crippen LogP contribution >= 0.6 is 0 Å². The van der Waals surface area contributed by atoms with Crippen LogP contribution in [-0.2, 0) is 11.2 Å². The quantitative estimate of drug-likeness (QED) is 0.662. The van der Waals surface area contributed by atoms with Crippen LogP contribution in [-0.4, -0.2) is 21.8 Å². The second-order valence-electron chi connectivity index (χ2n) is 6.41. The van der Waals surface area contributed by atoms with Crippen LogP contribution in [0, 0.1) is 5.82 Å². The molecule has 1 N–H and O–H groups in total. The fourth-order valence-corrected chi connectivity index (χ4v) is 2.86. The summed E-state index contributed by atoms with van der Waals surface area (Å²) in [6.45, 7) is 3.84. The Kier molecular flexibility index (Phi) is 6.39. The van der Waals surface area contributed by atoms with E-state index in [1.54, 1.807) is 0 Å². The molecule has 6 nitrogen and oxygen atoms in total. The molecule has 0 saturated heterocycles. The molecule has 1 amide bonds. The molecule has 1 aromatic heterocycles. The van der Waals surface area contributed by atoms with Gasteiger partial charge in [0.2, 0.25) is 5.88 Å². The van der Waals surface area contributed by atoms with Crippen LogP contribution in [0.15, 0.2) is 65.5 Å². The first-order valence-corrected chi connectivity index (χ1v) is 9.43. The van der Waals surface area contributed by atoms with Crippen LogP contribution in [0.3, 0.4) is 0 Å². The number of rotatable bonds is 7. The molecular formula is C22H22FN3O3. The van der Waals surface area contributed by atoms with Gasteiger partial charge in [0.15, 0.2) is 6.10 Å². The Labute approximate surface area is 168 Å². The van der Waals surface area contributed by atoms with Crippen LogP contribution in [0.1, 0.15) is 25.8 Å². The van der Waals surface area contributed by atoms with Crippen LogP contribution < -0.4 is 15.6 Å². The number of carbonyl (C=O) groups excluding carboxylic acids is 1. The molecule has 0 fully saturated rings. The molecule has 2 aromatic carbocycles. The minimum Gasteiger partial charge on any atom is -0.463 e. The van der Waals surface area contributed by atoms with Crippen LogP contribution in [0.25, 0.3) is 5.69 Å². The van der Waals surface area contributed by atoms with Crippen LogP contribution in [0.2, 0.25) is 0 Å². The lowest BCUT2D eigenvalue weighted by atomic mass is 10.1. The first-order valence-electron chi connectivity index (χ1n) is 9.43. The molecule has 7 heteroatoms. The van der Waals surface area contributed by atoms with Crippen LogP contribution in [0.5, 0.6) is 5.88 Å². The van der Waals surface area contributed by atoms with Crippen molar-refractivity contribution in [1.82, 2.24) is 9.78 Å². The van der Waals surface area contributed by atoms with Gasteiger partial charge in [0, 0.05) is 17.8 Å². The summed E-state index contributed by atoms with van der Waals surface area (Å²) in [6, 6.07) is 15.7. The molecule has 0 bridgehead atoms. The maximum Gasteiger partial charge on any atom is 0.271 e. The fourth-order valence-electron chi connectivity index (χ4n) is 2.86. The van der Waals surface area contributed by atoms with Gasteiger partial charge in [-0.3, -0.25) is 9.59 Å². The molecule has 150 valence electrons. The summed E-state index contributed by atoms with van der Waals surface area (Å²) in [5.74, 6) is -0.585. The highest BCUT2D eigenvalue weighted by molar-refractivity contribution is 5.95. The Balaban J connectivity index is 1.80. The van der Waals surface area contributed by atoms with E-state index in [0.29, 0.717) is 12.1 Å². The number of anilines is 1. The van der Waals surface area contributed by atoms with Gasteiger partial charge in [0.1, 0.15) is 5.82 Å². The molecule has 3 aromatic rings. The predicted octanol–water partition coefficient (Wildman–Crippen LogP) is 3.73. The number of halogens is 1. The van der Waals surface area contributed by atoms with Crippen molar-refractivity contribution in [3.8, 4) is 11.6 Å². The Morgan fingerprint density at radius 3 is 2.52 bits per heavy atom. The van der Waals surface area contributed by atoms with E-state index in [1.807, 2.05) is 38.1 Å². The molecule has 0 aliphatic rings. The Bertz CT molecular complexity index is 1050. The zero-order chi connectivity index (χ0) is 20.8. The average Bonchev–Trinajstić information content (AvgIpc) is 2.74. The average molecular weight is 395 g/mol. The molecule has 0 saturated carbocycles. The van der Waals surface area contributed by atoms with E-state index in [1.165, 1.54) is 36.4 Å². The zero-order valence-corrected chi connectivity index (χ0v) is 16.3. The molecule has 3 rings (SSSR count). The molecule has 0 spiro atoms. The topological polar surface area (TPSA) is 73.2 Å². The highest BCUT2D eigenvalue weighted by Gasteiger charge is 2.20. The van der Waals surface area contributed by atoms with Crippen molar-refractivity contribution in [3.63, 3.8) is 0 Å². The Morgan fingerprint density at radius 1 is 1.10 bits per heavy atom. The van der Waals surface area contributed by atoms with E-state index < -0.39 is 17.5 Å². The lowest BCUT2D eigenvalue weighted by Crippen LogP contribution is -2.33. The minimum atomic E-state index is -0.786. The van der Waals surface area contributed by atoms with Crippen molar-refractivity contribution >= 4 is 11.6 Å². The highest BCUT2D eigenvalue weighted by atomic mass is 19.1. The summed E-state index contributed by atoms with van der Waals surface area (Å²) >= 11 is 0. The standard InChI is InChI=1S/C22H22FN3O3/c1-3-15-7-5-6-8-18(15)24-22(28)19(4-2)29-20-13-14-21(27)26(25-20)17-11-9-16(23)10-12-17/h5-14,19H,3-4H2,1-2H3,(H,24,28). The van der Waals surface area contributed by atoms with Crippen molar-refractivity contribution in [3.05, 3.63) is 82.4 Å². The first kappa shape index (κ1) is 20.3. The van der Waals surface area contributed by atoms with E-state index in [2.05, 4.69) is 10.4 Å². The predicted molar refractivity (Wildman–Crippen MR) is 109 cm³/mol. The van der Waals surface area contributed by atoms with Crippen LogP contribution in [0.4, 0.5) is 10.1 Å². The van der Waals surface area contributed by atoms with Gasteiger partial charge in [-0.05, 0) is 48.7 Å². The molecule has 1 atom stereocenters. The smallest absolute Gasteiger partial charge is 0.271 e. The summed E-state index contributed by atoms with van der Waals surface area (Å²) in [5, 5.41) is 7.06. The number of hydrogen-bond donors (Lipinski definition) is 1. The maximum atomic E-state index is 13.1. The monoisotopic (exact) mass is 395 g/mol. The third-order valence-electron chi connectivity index (χ3n) is 4.43. The van der Waals surface area contributed by atoms with Crippen molar-refractivity contribution in [1.29, 1.82) is 0 Å². The first-order chi connectivity index (χ1) is 14.0. The van der Waals surface area contributed by atoms with E-state index in [-0.39, 0.29) is 11.8 Å². The Hall–Kier alpha value is -3.48. The summed E-state index contributed by atoms with van der Waals surface area (Å²) in [5.41, 5.74) is 1.78. The number of aryl methyl sites for hydroxylation is 1. The second kappa shape index (κ2) is 9.14. The molecule has 0 aliphatic heterocycles. The Morgan fingerprint density at radius 2 is 1.83 bits per heavy atom. The normalized spacial score (nSPS) is 11.7. The van der Waals surface area contributed by atoms with Crippen molar-refractivity contribution in [2.45, 2.75) is 32.8 Å². The number of ether oxygens (including phenoxy) is 1.